The van der Waals surface area contributed by atoms with Crippen LogP contribution in [0.25, 0.3) is 0 Å². The van der Waals surface area contributed by atoms with Gasteiger partial charge in [0.1, 0.15) is 11.9 Å². The molecule has 6 nitrogen and oxygen atoms in total. The molecule has 6 heteroatoms. The van der Waals surface area contributed by atoms with Crippen molar-refractivity contribution in [2.24, 2.45) is 5.92 Å². The largest absolute Gasteiger partial charge is 0.493 e. The van der Waals surface area contributed by atoms with Crippen molar-refractivity contribution in [2.75, 3.05) is 45.0 Å². The minimum Gasteiger partial charge on any atom is -0.493 e. The number of carbonyl (C=O) groups excluding carboxylic acids is 1. The van der Waals surface area contributed by atoms with Gasteiger partial charge in [-0.3, -0.25) is 4.90 Å². The molecular formula is C17H23NO5. The molecule has 0 saturated carbocycles. The van der Waals surface area contributed by atoms with Gasteiger partial charge >= 0.3 is 6.09 Å². The molecule has 2 atom stereocenters. The number of ether oxygens (including phenoxy) is 4. The van der Waals surface area contributed by atoms with E-state index in [0.29, 0.717) is 25.7 Å². The minimum atomic E-state index is -0.333. The van der Waals surface area contributed by atoms with Gasteiger partial charge in [-0.1, -0.05) is 0 Å². The molecule has 2 fully saturated rings. The van der Waals surface area contributed by atoms with Crippen LogP contribution in [0.1, 0.15) is 12.8 Å². The molecule has 0 bridgehead atoms. The molecular weight excluding hydrogens is 298 g/mol. The average Bonchev–Trinajstić information content (AvgIpc) is 2.95. The summed E-state index contributed by atoms with van der Waals surface area (Å²) in [5.74, 6) is 1.27. The highest BCUT2D eigenvalue weighted by Gasteiger charge is 2.32. The van der Waals surface area contributed by atoms with Crippen molar-refractivity contribution >= 4 is 11.8 Å². The number of nitrogens with zero attached hydrogens (tertiary/aromatic N) is 1. The van der Waals surface area contributed by atoms with Gasteiger partial charge in [0.25, 0.3) is 0 Å². The monoisotopic (exact) mass is 321 g/mol. The molecule has 3 rings (SSSR count). The van der Waals surface area contributed by atoms with Crippen LogP contribution in [0.15, 0.2) is 24.3 Å². The normalized spacial score (nSPS) is 24.6. The summed E-state index contributed by atoms with van der Waals surface area (Å²) in [6.07, 6.45) is 1.71. The van der Waals surface area contributed by atoms with Crippen LogP contribution in [0.2, 0.25) is 0 Å². The molecule has 1 amide bonds. The molecule has 0 aliphatic carbocycles. The summed E-state index contributed by atoms with van der Waals surface area (Å²) in [6, 6.07) is 7.53. The summed E-state index contributed by atoms with van der Waals surface area (Å²) in [7, 11) is 1.60. The number of methoxy groups -OCH3 is 1. The van der Waals surface area contributed by atoms with E-state index in [1.54, 1.807) is 12.0 Å². The lowest BCUT2D eigenvalue weighted by molar-refractivity contribution is 0.0352. The highest BCUT2D eigenvalue weighted by Crippen LogP contribution is 2.25. The first-order valence-corrected chi connectivity index (χ1v) is 8.04. The predicted octanol–water partition coefficient (Wildman–Crippen LogP) is 2.46. The number of hydrogen-bond acceptors (Lipinski definition) is 5. The van der Waals surface area contributed by atoms with Crippen LogP contribution in [0, 0.1) is 5.92 Å². The zero-order valence-corrected chi connectivity index (χ0v) is 13.4. The zero-order valence-electron chi connectivity index (χ0n) is 13.4. The van der Waals surface area contributed by atoms with Crippen LogP contribution < -0.4 is 9.64 Å². The third-order valence-corrected chi connectivity index (χ3v) is 4.12. The summed E-state index contributed by atoms with van der Waals surface area (Å²) in [4.78, 5) is 13.5. The van der Waals surface area contributed by atoms with Crippen LogP contribution in [0.4, 0.5) is 10.5 Å². The Bertz CT molecular complexity index is 512. The van der Waals surface area contributed by atoms with Gasteiger partial charge in [-0.15, -0.1) is 0 Å². The number of hydrogen-bond donors (Lipinski definition) is 0. The molecule has 1 aromatic rings. The summed E-state index contributed by atoms with van der Waals surface area (Å²) in [5, 5.41) is 0. The van der Waals surface area contributed by atoms with Gasteiger partial charge in [-0.05, 0) is 37.1 Å². The van der Waals surface area contributed by atoms with Crippen LogP contribution >= 0.6 is 0 Å². The Labute approximate surface area is 136 Å². The summed E-state index contributed by atoms with van der Waals surface area (Å²) in [6.45, 7) is 3.22. The second-order valence-corrected chi connectivity index (χ2v) is 5.96. The predicted molar refractivity (Wildman–Crippen MR) is 85.0 cm³/mol. The topological polar surface area (TPSA) is 57.2 Å². The molecule has 2 saturated heterocycles. The summed E-state index contributed by atoms with van der Waals surface area (Å²) in [5.41, 5.74) is 0.807. The molecule has 0 aromatic heterocycles. The fourth-order valence-corrected chi connectivity index (χ4v) is 2.88. The molecule has 2 aliphatic rings. The Morgan fingerprint density at radius 2 is 2.09 bits per heavy atom. The molecule has 0 spiro atoms. The average molecular weight is 321 g/mol. The van der Waals surface area contributed by atoms with Crippen molar-refractivity contribution in [3.8, 4) is 5.75 Å². The lowest BCUT2D eigenvalue weighted by Crippen LogP contribution is -2.25. The van der Waals surface area contributed by atoms with Gasteiger partial charge in [0, 0.05) is 25.3 Å². The van der Waals surface area contributed by atoms with Gasteiger partial charge < -0.3 is 18.9 Å². The third kappa shape index (κ3) is 4.14. The second-order valence-electron chi connectivity index (χ2n) is 5.96. The van der Waals surface area contributed by atoms with E-state index >= 15 is 0 Å². The van der Waals surface area contributed by atoms with E-state index in [4.69, 9.17) is 18.9 Å². The quantitative estimate of drug-likeness (QED) is 0.805. The highest BCUT2D eigenvalue weighted by atomic mass is 16.6. The molecule has 2 heterocycles. The zero-order chi connectivity index (χ0) is 16.1. The molecule has 2 aliphatic heterocycles. The summed E-state index contributed by atoms with van der Waals surface area (Å²) < 4.78 is 21.5. The maximum Gasteiger partial charge on any atom is 0.414 e. The van der Waals surface area contributed by atoms with E-state index in [1.165, 1.54) is 0 Å². The molecule has 0 N–H and O–H groups in total. The Balaban J connectivity index is 1.53. The Morgan fingerprint density at radius 3 is 2.78 bits per heavy atom. The van der Waals surface area contributed by atoms with Crippen molar-refractivity contribution in [1.29, 1.82) is 0 Å². The SMILES string of the molecule is COCC1CN(c2ccc(OCC3CCCOC3)cc2)C(=O)O1. The summed E-state index contributed by atoms with van der Waals surface area (Å²) >= 11 is 0. The molecule has 0 radical (unpaired) electrons. The van der Waals surface area contributed by atoms with Crippen LogP contribution in [-0.4, -0.2) is 52.3 Å². The van der Waals surface area contributed by atoms with Crippen molar-refractivity contribution in [2.45, 2.75) is 18.9 Å². The third-order valence-electron chi connectivity index (χ3n) is 4.12. The van der Waals surface area contributed by atoms with E-state index in [9.17, 15) is 4.79 Å². The van der Waals surface area contributed by atoms with Crippen LogP contribution in [0.5, 0.6) is 5.75 Å². The van der Waals surface area contributed by atoms with E-state index in [2.05, 4.69) is 0 Å². The van der Waals surface area contributed by atoms with Crippen molar-refractivity contribution in [3.63, 3.8) is 0 Å². The van der Waals surface area contributed by atoms with E-state index in [0.717, 1.165) is 37.5 Å². The van der Waals surface area contributed by atoms with Gasteiger partial charge in [-0.2, -0.15) is 0 Å². The number of anilines is 1. The maximum atomic E-state index is 11.9. The minimum absolute atomic E-state index is 0.213. The molecule has 126 valence electrons. The first-order chi connectivity index (χ1) is 11.3. The Hall–Kier alpha value is -1.79. The van der Waals surface area contributed by atoms with Gasteiger partial charge in [0.2, 0.25) is 0 Å². The lowest BCUT2D eigenvalue weighted by Gasteiger charge is -2.22. The van der Waals surface area contributed by atoms with E-state index in [-0.39, 0.29) is 12.2 Å². The van der Waals surface area contributed by atoms with Gasteiger partial charge in [-0.25, -0.2) is 4.79 Å². The second kappa shape index (κ2) is 7.66. The Kier molecular flexibility index (Phi) is 5.35. The van der Waals surface area contributed by atoms with Crippen LogP contribution in [-0.2, 0) is 14.2 Å². The lowest BCUT2D eigenvalue weighted by atomic mass is 10.0. The van der Waals surface area contributed by atoms with Gasteiger partial charge in [0.05, 0.1) is 26.4 Å². The Morgan fingerprint density at radius 1 is 1.26 bits per heavy atom. The van der Waals surface area contributed by atoms with E-state index < -0.39 is 0 Å². The fraction of sp³-hybridized carbons (Fsp3) is 0.588. The number of rotatable bonds is 6. The number of amides is 1. The van der Waals surface area contributed by atoms with Crippen LogP contribution in [0.3, 0.4) is 0 Å². The van der Waals surface area contributed by atoms with Gasteiger partial charge in [0.15, 0.2) is 0 Å². The van der Waals surface area contributed by atoms with Crippen molar-refractivity contribution in [1.82, 2.24) is 0 Å². The highest BCUT2D eigenvalue weighted by molar-refractivity contribution is 5.89. The number of benzene rings is 1. The smallest absolute Gasteiger partial charge is 0.414 e. The maximum absolute atomic E-state index is 11.9. The van der Waals surface area contributed by atoms with E-state index in [1.807, 2.05) is 24.3 Å². The van der Waals surface area contributed by atoms with Crippen molar-refractivity contribution < 1.29 is 23.7 Å². The number of carbonyl (C=O) groups is 1. The molecule has 2 unspecified atom stereocenters. The van der Waals surface area contributed by atoms with Crippen molar-refractivity contribution in [3.05, 3.63) is 24.3 Å². The first-order valence-electron chi connectivity index (χ1n) is 8.04. The standard InChI is InChI=1S/C17H23NO5/c1-20-12-16-9-18(17(19)23-16)14-4-6-15(7-5-14)22-11-13-3-2-8-21-10-13/h4-7,13,16H,2-3,8-12H2,1H3. The molecule has 23 heavy (non-hydrogen) atoms. The fourth-order valence-electron chi connectivity index (χ4n) is 2.88. The first kappa shape index (κ1) is 16.1. The number of cyclic esters (lactones) is 1. The molecule has 1 aromatic carbocycles.